The molecule has 4 rings (SSSR count). The van der Waals surface area contributed by atoms with Gasteiger partial charge in [0.05, 0.1) is 0 Å². The van der Waals surface area contributed by atoms with E-state index in [1.165, 1.54) is 15.2 Å². The van der Waals surface area contributed by atoms with Gasteiger partial charge in [0, 0.05) is 28.6 Å². The quantitative estimate of drug-likeness (QED) is 0.721. The Morgan fingerprint density at radius 3 is 2.92 bits per heavy atom. The molecule has 0 N–H and O–H groups in total. The second kappa shape index (κ2) is 6.33. The van der Waals surface area contributed by atoms with E-state index >= 15 is 0 Å². The maximum absolute atomic E-state index is 12.5. The summed E-state index contributed by atoms with van der Waals surface area (Å²) < 4.78 is 0. The lowest BCUT2D eigenvalue weighted by atomic mass is 10.1. The molecule has 1 aliphatic rings. The lowest BCUT2D eigenvalue weighted by molar-refractivity contribution is -0.133. The van der Waals surface area contributed by atoms with Gasteiger partial charge in [-0.25, -0.2) is 0 Å². The van der Waals surface area contributed by atoms with Gasteiger partial charge in [0.25, 0.3) is 0 Å². The minimum absolute atomic E-state index is 0.00639. The molecular weight excluding hydrogens is 346 g/mol. The van der Waals surface area contributed by atoms with Gasteiger partial charge in [0.2, 0.25) is 11.7 Å². The van der Waals surface area contributed by atoms with E-state index in [2.05, 4.69) is 26.9 Å². The van der Waals surface area contributed by atoms with Crippen LogP contribution in [0.1, 0.15) is 10.4 Å². The van der Waals surface area contributed by atoms with Gasteiger partial charge >= 0.3 is 0 Å². The molecule has 24 heavy (non-hydrogen) atoms. The predicted octanol–water partition coefficient (Wildman–Crippen LogP) is 2.64. The molecule has 2 aromatic heterocycles. The van der Waals surface area contributed by atoms with Crippen molar-refractivity contribution in [2.45, 2.75) is 19.5 Å². The largest absolute Gasteiger partial charge is 0.336 e. The normalized spacial score (nSPS) is 13.8. The summed E-state index contributed by atoms with van der Waals surface area (Å²) >= 11 is 7.63. The van der Waals surface area contributed by atoms with Gasteiger partial charge in [0.1, 0.15) is 6.54 Å². The molecule has 1 aromatic carbocycles. The molecule has 3 heterocycles. The zero-order valence-corrected chi connectivity index (χ0v) is 14.3. The molecular formula is C16H14ClN5OS. The van der Waals surface area contributed by atoms with Crippen LogP contribution in [-0.4, -0.2) is 37.6 Å². The summed E-state index contributed by atoms with van der Waals surface area (Å²) in [4.78, 5) is 17.0. The molecule has 3 aromatic rings. The van der Waals surface area contributed by atoms with Crippen LogP contribution >= 0.6 is 22.9 Å². The van der Waals surface area contributed by atoms with Crippen LogP contribution in [0.2, 0.25) is 5.02 Å². The number of carbonyl (C=O) groups is 1. The molecule has 0 fully saturated rings. The Labute approximate surface area is 147 Å². The van der Waals surface area contributed by atoms with E-state index < -0.39 is 0 Å². The average Bonchev–Trinajstić information content (AvgIpc) is 3.24. The van der Waals surface area contributed by atoms with Gasteiger partial charge in [-0.2, -0.15) is 4.80 Å². The summed E-state index contributed by atoms with van der Waals surface area (Å²) in [5.74, 6) is 0.491. The number of benzene rings is 1. The highest BCUT2D eigenvalue weighted by Crippen LogP contribution is 2.24. The smallest absolute Gasteiger partial charge is 0.246 e. The van der Waals surface area contributed by atoms with Crippen molar-refractivity contribution in [1.29, 1.82) is 0 Å². The van der Waals surface area contributed by atoms with Gasteiger partial charge in [-0.1, -0.05) is 11.6 Å². The lowest BCUT2D eigenvalue weighted by Gasteiger charge is -2.26. The first kappa shape index (κ1) is 15.3. The molecule has 122 valence electrons. The maximum atomic E-state index is 12.5. The topological polar surface area (TPSA) is 63.9 Å². The Bertz CT molecular complexity index is 873. The fraction of sp³-hybridized carbons (Fsp3) is 0.250. The van der Waals surface area contributed by atoms with E-state index in [0.29, 0.717) is 17.4 Å². The van der Waals surface area contributed by atoms with E-state index in [0.717, 1.165) is 18.5 Å². The predicted molar refractivity (Wildman–Crippen MR) is 91.7 cm³/mol. The molecule has 0 unspecified atom stereocenters. The number of carbonyl (C=O) groups excluding carboxylic acids is 1. The van der Waals surface area contributed by atoms with Crippen LogP contribution in [0.25, 0.3) is 11.4 Å². The summed E-state index contributed by atoms with van der Waals surface area (Å²) in [5.41, 5.74) is 2.06. The highest BCUT2D eigenvalue weighted by molar-refractivity contribution is 7.10. The molecule has 1 aliphatic heterocycles. The Morgan fingerprint density at radius 2 is 2.08 bits per heavy atom. The first-order chi connectivity index (χ1) is 11.7. The summed E-state index contributed by atoms with van der Waals surface area (Å²) in [6, 6.07) is 9.29. The SMILES string of the molecule is O=C(Cn1nnc(-c2ccc(Cl)cc2)n1)N1CCc2sccc2C1. The second-order valence-electron chi connectivity index (χ2n) is 5.58. The van der Waals surface area contributed by atoms with Crippen molar-refractivity contribution in [1.82, 2.24) is 25.1 Å². The van der Waals surface area contributed by atoms with Crippen LogP contribution < -0.4 is 0 Å². The highest BCUT2D eigenvalue weighted by Gasteiger charge is 2.22. The summed E-state index contributed by atoms with van der Waals surface area (Å²) in [5, 5.41) is 15.0. The van der Waals surface area contributed by atoms with Crippen LogP contribution in [-0.2, 0) is 24.3 Å². The fourth-order valence-corrected chi connectivity index (χ4v) is 3.72. The van der Waals surface area contributed by atoms with Crippen molar-refractivity contribution in [2.24, 2.45) is 0 Å². The Hall–Kier alpha value is -2.25. The minimum atomic E-state index is 0.00639. The van der Waals surface area contributed by atoms with Gasteiger partial charge in [0.15, 0.2) is 0 Å². The van der Waals surface area contributed by atoms with Crippen molar-refractivity contribution < 1.29 is 4.79 Å². The minimum Gasteiger partial charge on any atom is -0.336 e. The summed E-state index contributed by atoms with van der Waals surface area (Å²) in [6.07, 6.45) is 0.916. The number of rotatable bonds is 3. The molecule has 0 bridgehead atoms. The number of fused-ring (bicyclic) bond motifs is 1. The molecule has 6 nitrogen and oxygen atoms in total. The zero-order chi connectivity index (χ0) is 16.5. The monoisotopic (exact) mass is 359 g/mol. The summed E-state index contributed by atoms with van der Waals surface area (Å²) in [7, 11) is 0. The van der Waals surface area contributed by atoms with Crippen molar-refractivity contribution in [3.05, 3.63) is 51.2 Å². The van der Waals surface area contributed by atoms with E-state index in [4.69, 9.17) is 11.6 Å². The number of nitrogens with zero attached hydrogens (tertiary/aromatic N) is 5. The average molecular weight is 360 g/mol. The third-order valence-corrected chi connectivity index (χ3v) is 5.27. The van der Waals surface area contributed by atoms with Crippen LogP contribution in [0.15, 0.2) is 35.7 Å². The fourth-order valence-electron chi connectivity index (χ4n) is 2.71. The summed E-state index contributed by atoms with van der Waals surface area (Å²) in [6.45, 7) is 1.50. The van der Waals surface area contributed by atoms with Crippen LogP contribution in [0.4, 0.5) is 0 Å². The van der Waals surface area contributed by atoms with Gasteiger partial charge in [-0.15, -0.1) is 21.5 Å². The molecule has 1 amide bonds. The van der Waals surface area contributed by atoms with E-state index in [-0.39, 0.29) is 12.5 Å². The third kappa shape index (κ3) is 3.05. The van der Waals surface area contributed by atoms with Gasteiger partial charge < -0.3 is 4.90 Å². The number of amides is 1. The van der Waals surface area contributed by atoms with Crippen molar-refractivity contribution in [3.8, 4) is 11.4 Å². The number of hydrogen-bond donors (Lipinski definition) is 0. The van der Waals surface area contributed by atoms with Crippen molar-refractivity contribution >= 4 is 28.8 Å². The van der Waals surface area contributed by atoms with E-state index in [9.17, 15) is 4.79 Å². The molecule has 8 heteroatoms. The molecule has 0 spiro atoms. The van der Waals surface area contributed by atoms with Crippen LogP contribution in [0.3, 0.4) is 0 Å². The highest BCUT2D eigenvalue weighted by atomic mass is 35.5. The van der Waals surface area contributed by atoms with Crippen molar-refractivity contribution in [2.75, 3.05) is 6.54 Å². The number of halogens is 1. The van der Waals surface area contributed by atoms with Gasteiger partial charge in [-0.05, 0) is 52.9 Å². The number of hydrogen-bond acceptors (Lipinski definition) is 5. The number of tetrazole rings is 1. The lowest BCUT2D eigenvalue weighted by Crippen LogP contribution is -2.37. The Balaban J connectivity index is 1.44. The number of thiophene rings is 1. The zero-order valence-electron chi connectivity index (χ0n) is 12.7. The second-order valence-corrected chi connectivity index (χ2v) is 7.02. The van der Waals surface area contributed by atoms with E-state index in [1.54, 1.807) is 23.5 Å². The standard InChI is InChI=1S/C16H14ClN5OS/c17-13-3-1-11(2-4-13)16-18-20-22(19-16)10-15(23)21-7-5-14-12(9-21)6-8-24-14/h1-4,6,8H,5,7,9-10H2. The first-order valence-electron chi connectivity index (χ1n) is 7.56. The van der Waals surface area contributed by atoms with Crippen molar-refractivity contribution in [3.63, 3.8) is 0 Å². The third-order valence-electron chi connectivity index (χ3n) is 3.99. The molecule has 0 radical (unpaired) electrons. The maximum Gasteiger partial charge on any atom is 0.246 e. The first-order valence-corrected chi connectivity index (χ1v) is 8.81. The van der Waals surface area contributed by atoms with E-state index in [1.807, 2.05) is 17.0 Å². The Kier molecular flexibility index (Phi) is 4.03. The van der Waals surface area contributed by atoms with Crippen LogP contribution in [0, 0.1) is 0 Å². The number of aromatic nitrogens is 4. The Morgan fingerprint density at radius 1 is 1.25 bits per heavy atom. The molecule has 0 aliphatic carbocycles. The molecule has 0 saturated carbocycles. The molecule has 0 atom stereocenters. The molecule has 0 saturated heterocycles. The van der Waals surface area contributed by atoms with Gasteiger partial charge in [-0.3, -0.25) is 4.79 Å². The van der Waals surface area contributed by atoms with Crippen LogP contribution in [0.5, 0.6) is 0 Å².